The van der Waals surface area contributed by atoms with E-state index >= 15 is 0 Å². The molecule has 0 fully saturated rings. The number of aromatic nitrogens is 2. The van der Waals surface area contributed by atoms with Crippen LogP contribution in [0.4, 0.5) is 22.7 Å². The van der Waals surface area contributed by atoms with Crippen molar-refractivity contribution in [3.63, 3.8) is 0 Å². The van der Waals surface area contributed by atoms with Crippen LogP contribution in [-0.2, 0) is 4.94 Å². The molecule has 0 saturated carbocycles. The molecule has 3 heterocycles. The van der Waals surface area contributed by atoms with Crippen molar-refractivity contribution in [2.45, 2.75) is 0 Å². The molecule has 5 nitrogen and oxygen atoms in total. The SMILES string of the molecule is c1ccc(-c2cccc(-c3ccccc3)c2-c2ccnc(-n3c4ccccc4c4ccc([Si](c5ccccc5)(c5ccccc5)c5cccc(N6ON(c7ccccc7)c7ccccc76)c5)cc43)c2)cc1. The molecule has 1 aliphatic heterocycles. The fourth-order valence-electron chi connectivity index (χ4n) is 10.9. The molecule has 10 aromatic carbocycles. The zero-order valence-corrected chi connectivity index (χ0v) is 39.8. The number of pyridine rings is 1. The first-order valence-corrected chi connectivity index (χ1v) is 26.1. The van der Waals surface area contributed by atoms with Gasteiger partial charge in [-0.25, -0.2) is 4.98 Å². The summed E-state index contributed by atoms with van der Waals surface area (Å²) in [5, 5.41) is 11.3. The van der Waals surface area contributed by atoms with Crippen LogP contribution in [0.3, 0.4) is 0 Å². The lowest BCUT2D eigenvalue weighted by Crippen LogP contribution is -2.74. The predicted molar refractivity (Wildman–Crippen MR) is 297 cm³/mol. The van der Waals surface area contributed by atoms with Gasteiger partial charge in [0.05, 0.1) is 33.8 Å². The van der Waals surface area contributed by atoms with Crippen LogP contribution in [0.15, 0.2) is 279 Å². The van der Waals surface area contributed by atoms with Crippen molar-refractivity contribution in [3.05, 3.63) is 279 Å². The van der Waals surface area contributed by atoms with Gasteiger partial charge in [0, 0.05) is 17.0 Å². The number of nitrogens with zero attached hydrogens (tertiary/aromatic N) is 4. The molecule has 0 spiro atoms. The lowest BCUT2D eigenvalue weighted by Gasteiger charge is -2.35. The van der Waals surface area contributed by atoms with Crippen LogP contribution in [0.2, 0.25) is 0 Å². The van der Waals surface area contributed by atoms with Crippen molar-refractivity contribution in [1.29, 1.82) is 0 Å². The Morgan fingerprint density at radius 3 is 1.48 bits per heavy atom. The number of para-hydroxylation sites is 4. The number of anilines is 4. The van der Waals surface area contributed by atoms with Crippen LogP contribution in [0.5, 0.6) is 0 Å². The van der Waals surface area contributed by atoms with Gasteiger partial charge in [-0.1, -0.05) is 212 Å². The summed E-state index contributed by atoms with van der Waals surface area (Å²) in [5.41, 5.74) is 13.0. The van der Waals surface area contributed by atoms with E-state index in [2.05, 4.69) is 259 Å². The van der Waals surface area contributed by atoms with Gasteiger partial charge in [-0.3, -0.25) is 4.57 Å². The third-order valence-corrected chi connectivity index (χ3v) is 18.8. The van der Waals surface area contributed by atoms with E-state index in [4.69, 9.17) is 9.92 Å². The Hall–Kier alpha value is -9.07. The Labute approximate surface area is 414 Å². The van der Waals surface area contributed by atoms with Gasteiger partial charge in [0.25, 0.3) is 0 Å². The molecule has 13 rings (SSSR count). The zero-order valence-electron chi connectivity index (χ0n) is 38.8. The van der Waals surface area contributed by atoms with Crippen molar-refractivity contribution >= 4 is 73.4 Å². The minimum absolute atomic E-state index is 0.856. The maximum absolute atomic E-state index is 6.82. The quantitative estimate of drug-likeness (QED) is 0.101. The van der Waals surface area contributed by atoms with Gasteiger partial charge < -0.3 is 0 Å². The van der Waals surface area contributed by atoms with Crippen LogP contribution in [0.25, 0.3) is 61.0 Å². The van der Waals surface area contributed by atoms with Gasteiger partial charge in [0.2, 0.25) is 0 Å². The van der Waals surface area contributed by atoms with E-state index in [1.165, 1.54) is 59.3 Å². The molecule has 71 heavy (non-hydrogen) atoms. The molecule has 0 N–H and O–H groups in total. The molecule has 0 bridgehead atoms. The fourth-order valence-corrected chi connectivity index (χ4v) is 15.7. The summed E-state index contributed by atoms with van der Waals surface area (Å²) < 4.78 is 2.38. The summed E-state index contributed by atoms with van der Waals surface area (Å²) in [5.74, 6) is 0.856. The van der Waals surface area contributed by atoms with Crippen LogP contribution < -0.4 is 30.9 Å². The van der Waals surface area contributed by atoms with Crippen LogP contribution >= 0.6 is 0 Å². The molecule has 12 aromatic rings. The first-order valence-electron chi connectivity index (χ1n) is 24.1. The van der Waals surface area contributed by atoms with Gasteiger partial charge in [0.1, 0.15) is 5.82 Å². The molecule has 1 aliphatic rings. The Balaban J connectivity index is 1.03. The minimum Gasteiger partial charge on any atom is -0.294 e. The smallest absolute Gasteiger partial charge is 0.179 e. The standard InChI is InChI=1S/C65H46N4OSi/c1-6-22-47(23-7-1)56-35-21-36-57(48-24-8-2-9-25-48)65(56)49-42-43-66-64(44-49)67-60-37-17-16-34-58(60)59-41-40-55(46-63(59)67)71(52-29-12-4-13-30-52,53-31-14-5-15-32-53)54-33-20-28-51(45-54)69-62-39-19-18-38-61(62)68(70-69)50-26-10-3-11-27-50/h1-46H. The van der Waals surface area contributed by atoms with Crippen molar-refractivity contribution in [1.82, 2.24) is 9.55 Å². The molecular weight excluding hydrogens is 881 g/mol. The molecule has 2 aromatic heterocycles. The number of hydrogen-bond donors (Lipinski definition) is 0. The lowest BCUT2D eigenvalue weighted by atomic mass is 9.88. The second-order valence-corrected chi connectivity index (χ2v) is 21.8. The minimum atomic E-state index is -3.13. The molecule has 336 valence electrons. The summed E-state index contributed by atoms with van der Waals surface area (Å²) in [6, 6.07) is 98.4. The maximum Gasteiger partial charge on any atom is 0.179 e. The summed E-state index contributed by atoms with van der Waals surface area (Å²) in [4.78, 5) is 12.1. The predicted octanol–water partition coefficient (Wildman–Crippen LogP) is 13.7. The Morgan fingerprint density at radius 1 is 0.338 bits per heavy atom. The third-order valence-electron chi connectivity index (χ3n) is 14.0. The number of rotatable bonds is 10. The number of fused-ring (bicyclic) bond motifs is 4. The Morgan fingerprint density at radius 2 is 0.831 bits per heavy atom. The third kappa shape index (κ3) is 7.16. The average molecular weight is 927 g/mol. The van der Waals surface area contributed by atoms with E-state index in [0.29, 0.717) is 0 Å². The number of benzene rings is 10. The molecule has 0 unspecified atom stereocenters. The van der Waals surface area contributed by atoms with Gasteiger partial charge in [0.15, 0.2) is 8.07 Å². The summed E-state index contributed by atoms with van der Waals surface area (Å²) in [6.07, 6.45) is 1.97. The van der Waals surface area contributed by atoms with Gasteiger partial charge in [-0.15, -0.1) is 4.94 Å². The lowest BCUT2D eigenvalue weighted by molar-refractivity contribution is 0.156. The van der Waals surface area contributed by atoms with E-state index in [0.717, 1.165) is 45.2 Å². The van der Waals surface area contributed by atoms with E-state index in [1.807, 2.05) is 34.5 Å². The molecule has 0 saturated heterocycles. The van der Waals surface area contributed by atoms with E-state index in [1.54, 1.807) is 0 Å². The highest BCUT2D eigenvalue weighted by atomic mass is 28.3. The first kappa shape index (κ1) is 42.1. The Bertz CT molecular complexity index is 3770. The van der Waals surface area contributed by atoms with Gasteiger partial charge in [-0.05, 0) is 115 Å². The average Bonchev–Trinajstić information content (AvgIpc) is 4.01. The highest BCUT2D eigenvalue weighted by molar-refractivity contribution is 7.20. The highest BCUT2D eigenvalue weighted by Gasteiger charge is 2.43. The van der Waals surface area contributed by atoms with Crippen molar-refractivity contribution in [2.75, 3.05) is 10.1 Å². The van der Waals surface area contributed by atoms with Crippen molar-refractivity contribution in [3.8, 4) is 39.2 Å². The molecule has 0 atom stereocenters. The molecule has 0 aliphatic carbocycles. The molecular formula is C65H46N4OSi. The molecule has 0 amide bonds. The van der Waals surface area contributed by atoms with E-state index in [-0.39, 0.29) is 0 Å². The Kier molecular flexibility index (Phi) is 10.5. The largest absolute Gasteiger partial charge is 0.294 e. The van der Waals surface area contributed by atoms with E-state index in [9.17, 15) is 0 Å². The van der Waals surface area contributed by atoms with E-state index < -0.39 is 8.07 Å². The fraction of sp³-hybridized carbons (Fsp3) is 0. The topological polar surface area (TPSA) is 33.5 Å². The summed E-state index contributed by atoms with van der Waals surface area (Å²) >= 11 is 0. The summed E-state index contributed by atoms with van der Waals surface area (Å²) in [7, 11) is -3.13. The van der Waals surface area contributed by atoms with Crippen molar-refractivity contribution in [2.24, 2.45) is 0 Å². The van der Waals surface area contributed by atoms with Crippen LogP contribution in [0, 0.1) is 0 Å². The highest BCUT2D eigenvalue weighted by Crippen LogP contribution is 2.45. The zero-order chi connectivity index (χ0) is 47.1. The van der Waals surface area contributed by atoms with Gasteiger partial charge in [-0.2, -0.15) is 10.1 Å². The normalized spacial score (nSPS) is 12.4. The molecule has 6 heteroatoms. The molecule has 0 radical (unpaired) electrons. The van der Waals surface area contributed by atoms with Crippen LogP contribution in [0.1, 0.15) is 0 Å². The second kappa shape index (κ2) is 17.8. The maximum atomic E-state index is 6.82. The van der Waals surface area contributed by atoms with Crippen molar-refractivity contribution < 1.29 is 4.94 Å². The second-order valence-electron chi connectivity index (χ2n) is 18.0. The summed E-state index contributed by atoms with van der Waals surface area (Å²) in [6.45, 7) is 0. The number of hydrogen-bond acceptors (Lipinski definition) is 4. The van der Waals surface area contributed by atoms with Gasteiger partial charge >= 0.3 is 0 Å². The first-order chi connectivity index (χ1) is 35.2. The van der Waals surface area contributed by atoms with Crippen LogP contribution in [-0.4, -0.2) is 17.6 Å². The monoisotopic (exact) mass is 926 g/mol.